The first-order valence-corrected chi connectivity index (χ1v) is 6.95. The molecule has 0 spiro atoms. The summed E-state index contributed by atoms with van der Waals surface area (Å²) < 4.78 is 1.68. The molecule has 1 fully saturated rings. The molecular weight excluding hydrogens is 220 g/mol. The van der Waals surface area contributed by atoms with E-state index >= 15 is 0 Å². The zero-order valence-electron chi connectivity index (χ0n) is 9.69. The van der Waals surface area contributed by atoms with Crippen LogP contribution in [0.5, 0.6) is 0 Å². The summed E-state index contributed by atoms with van der Waals surface area (Å²) in [5.74, 6) is 0.748. The van der Waals surface area contributed by atoms with Crippen molar-refractivity contribution in [2.45, 2.75) is 37.4 Å². The highest BCUT2D eigenvalue weighted by atomic mass is 32.2. The predicted octanol–water partition coefficient (Wildman–Crippen LogP) is 2.67. The van der Waals surface area contributed by atoms with E-state index in [2.05, 4.69) is 5.10 Å². The Balaban J connectivity index is 1.79. The first-order valence-electron chi connectivity index (χ1n) is 5.90. The summed E-state index contributed by atoms with van der Waals surface area (Å²) >= 11 is 1.81. The quantitative estimate of drug-likeness (QED) is 0.756. The third kappa shape index (κ3) is 3.11. The summed E-state index contributed by atoms with van der Waals surface area (Å²) in [6, 6.07) is 1.80. The summed E-state index contributed by atoms with van der Waals surface area (Å²) in [7, 11) is 1.84. The SMILES string of the molecule is Cn1ccc(C(=O)CSC2CCCCC2)n1. The largest absolute Gasteiger partial charge is 0.291 e. The zero-order valence-corrected chi connectivity index (χ0v) is 10.5. The number of ketones is 1. The fraction of sp³-hybridized carbons (Fsp3) is 0.667. The van der Waals surface area contributed by atoms with Crippen LogP contribution in [-0.4, -0.2) is 26.6 Å². The molecule has 1 aliphatic rings. The third-order valence-electron chi connectivity index (χ3n) is 3.00. The lowest BCUT2D eigenvalue weighted by molar-refractivity contribution is 0.101. The molecule has 0 unspecified atom stereocenters. The van der Waals surface area contributed by atoms with Gasteiger partial charge in [0.1, 0.15) is 5.69 Å². The topological polar surface area (TPSA) is 34.9 Å². The lowest BCUT2D eigenvalue weighted by Gasteiger charge is -2.20. The molecule has 0 atom stereocenters. The molecule has 1 heterocycles. The van der Waals surface area contributed by atoms with Gasteiger partial charge in [-0.2, -0.15) is 16.9 Å². The van der Waals surface area contributed by atoms with Gasteiger partial charge in [-0.15, -0.1) is 0 Å². The number of nitrogens with zero attached hydrogens (tertiary/aromatic N) is 2. The second-order valence-corrected chi connectivity index (χ2v) is 5.66. The summed E-state index contributed by atoms with van der Waals surface area (Å²) in [5.41, 5.74) is 0.603. The predicted molar refractivity (Wildman–Crippen MR) is 66.9 cm³/mol. The van der Waals surface area contributed by atoms with Crippen molar-refractivity contribution < 1.29 is 4.79 Å². The Hall–Kier alpha value is -0.770. The minimum absolute atomic E-state index is 0.163. The molecule has 3 nitrogen and oxygen atoms in total. The van der Waals surface area contributed by atoms with Crippen LogP contribution in [0, 0.1) is 0 Å². The highest BCUT2D eigenvalue weighted by Gasteiger charge is 2.16. The van der Waals surface area contributed by atoms with Crippen molar-refractivity contribution in [2.75, 3.05) is 5.75 Å². The van der Waals surface area contributed by atoms with Crippen LogP contribution >= 0.6 is 11.8 Å². The molecule has 0 saturated heterocycles. The number of carbonyl (C=O) groups excluding carboxylic acids is 1. The van der Waals surface area contributed by atoms with Crippen LogP contribution in [0.4, 0.5) is 0 Å². The van der Waals surface area contributed by atoms with E-state index in [0.717, 1.165) is 0 Å². The Bertz CT molecular complexity index is 356. The Morgan fingerprint density at radius 1 is 1.50 bits per heavy atom. The Labute approximate surface area is 101 Å². The van der Waals surface area contributed by atoms with Crippen LogP contribution < -0.4 is 0 Å². The summed E-state index contributed by atoms with van der Waals surface area (Å²) in [4.78, 5) is 11.8. The third-order valence-corrected chi connectivity index (χ3v) is 4.37. The van der Waals surface area contributed by atoms with Gasteiger partial charge in [0.2, 0.25) is 0 Å². The van der Waals surface area contributed by atoms with Crippen LogP contribution in [0.3, 0.4) is 0 Å². The molecule has 0 aliphatic heterocycles. The van der Waals surface area contributed by atoms with Gasteiger partial charge in [0.15, 0.2) is 5.78 Å². The van der Waals surface area contributed by atoms with Gasteiger partial charge in [-0.05, 0) is 18.9 Å². The van der Waals surface area contributed by atoms with E-state index in [1.165, 1.54) is 32.1 Å². The van der Waals surface area contributed by atoms with Gasteiger partial charge in [0.05, 0.1) is 5.75 Å². The van der Waals surface area contributed by atoms with Gasteiger partial charge in [0, 0.05) is 18.5 Å². The van der Waals surface area contributed by atoms with E-state index < -0.39 is 0 Å². The molecule has 0 radical (unpaired) electrons. The molecule has 0 N–H and O–H groups in total. The highest BCUT2D eigenvalue weighted by molar-refractivity contribution is 8.00. The fourth-order valence-electron chi connectivity index (χ4n) is 2.06. The van der Waals surface area contributed by atoms with Gasteiger partial charge in [-0.3, -0.25) is 9.48 Å². The minimum Gasteiger partial charge on any atom is -0.291 e. The summed E-state index contributed by atoms with van der Waals surface area (Å²) in [6.07, 6.45) is 8.40. The lowest BCUT2D eigenvalue weighted by atomic mass is 10.0. The number of aryl methyl sites for hydroxylation is 1. The monoisotopic (exact) mass is 238 g/mol. The van der Waals surface area contributed by atoms with Gasteiger partial charge >= 0.3 is 0 Å². The van der Waals surface area contributed by atoms with E-state index in [1.807, 2.05) is 25.0 Å². The van der Waals surface area contributed by atoms with Crippen LogP contribution in [0.2, 0.25) is 0 Å². The van der Waals surface area contributed by atoms with Crippen molar-refractivity contribution in [3.8, 4) is 0 Å². The first-order chi connectivity index (χ1) is 7.75. The van der Waals surface area contributed by atoms with E-state index in [0.29, 0.717) is 16.7 Å². The van der Waals surface area contributed by atoms with Crippen molar-refractivity contribution in [1.29, 1.82) is 0 Å². The number of hydrogen-bond donors (Lipinski definition) is 0. The number of Topliss-reactive ketones (excluding diaryl/α,β-unsaturated/α-hetero) is 1. The molecule has 2 rings (SSSR count). The second kappa shape index (κ2) is 5.53. The summed E-state index contributed by atoms with van der Waals surface area (Å²) in [6.45, 7) is 0. The number of hydrogen-bond acceptors (Lipinski definition) is 3. The Kier molecular flexibility index (Phi) is 4.04. The van der Waals surface area contributed by atoms with Crippen molar-refractivity contribution >= 4 is 17.5 Å². The van der Waals surface area contributed by atoms with Crippen LogP contribution in [0.1, 0.15) is 42.6 Å². The fourth-order valence-corrected chi connectivity index (χ4v) is 3.26. The molecule has 1 saturated carbocycles. The van der Waals surface area contributed by atoms with E-state index in [1.54, 1.807) is 10.7 Å². The maximum atomic E-state index is 11.8. The van der Waals surface area contributed by atoms with Crippen molar-refractivity contribution in [3.05, 3.63) is 18.0 Å². The van der Waals surface area contributed by atoms with Crippen LogP contribution in [0.25, 0.3) is 0 Å². The van der Waals surface area contributed by atoms with Gasteiger partial charge in [-0.1, -0.05) is 19.3 Å². The first kappa shape index (κ1) is 11.7. The molecule has 4 heteroatoms. The van der Waals surface area contributed by atoms with E-state index in [-0.39, 0.29) is 5.78 Å². The standard InChI is InChI=1S/C12H18N2OS/c1-14-8-7-11(13-14)12(15)9-16-10-5-3-2-4-6-10/h7-8,10H,2-6,9H2,1H3. The minimum atomic E-state index is 0.163. The number of thioether (sulfide) groups is 1. The van der Waals surface area contributed by atoms with Gasteiger partial charge in [0.25, 0.3) is 0 Å². The van der Waals surface area contributed by atoms with Crippen LogP contribution in [0.15, 0.2) is 12.3 Å². The van der Waals surface area contributed by atoms with Gasteiger partial charge < -0.3 is 0 Å². The smallest absolute Gasteiger partial charge is 0.192 e. The molecular formula is C12H18N2OS. The van der Waals surface area contributed by atoms with Crippen molar-refractivity contribution in [3.63, 3.8) is 0 Å². The van der Waals surface area contributed by atoms with Crippen molar-refractivity contribution in [2.24, 2.45) is 7.05 Å². The molecule has 1 aliphatic carbocycles. The molecule has 16 heavy (non-hydrogen) atoms. The summed E-state index contributed by atoms with van der Waals surface area (Å²) in [5, 5.41) is 4.82. The highest BCUT2D eigenvalue weighted by Crippen LogP contribution is 2.28. The van der Waals surface area contributed by atoms with E-state index in [4.69, 9.17) is 0 Å². The van der Waals surface area contributed by atoms with Crippen molar-refractivity contribution in [1.82, 2.24) is 9.78 Å². The average Bonchev–Trinajstić information content (AvgIpc) is 2.74. The molecule has 0 bridgehead atoms. The molecule has 0 amide bonds. The molecule has 0 aromatic carbocycles. The Morgan fingerprint density at radius 2 is 2.25 bits per heavy atom. The lowest BCUT2D eigenvalue weighted by Crippen LogP contribution is -2.12. The van der Waals surface area contributed by atoms with E-state index in [9.17, 15) is 4.79 Å². The molecule has 1 aromatic rings. The number of aromatic nitrogens is 2. The maximum Gasteiger partial charge on any atom is 0.192 e. The maximum absolute atomic E-state index is 11.8. The Morgan fingerprint density at radius 3 is 2.88 bits per heavy atom. The number of rotatable bonds is 4. The zero-order chi connectivity index (χ0) is 11.4. The molecule has 1 aromatic heterocycles. The number of carbonyl (C=O) groups is 1. The second-order valence-electron chi connectivity index (χ2n) is 4.37. The van der Waals surface area contributed by atoms with Crippen LogP contribution in [-0.2, 0) is 7.05 Å². The normalized spacial score (nSPS) is 17.6. The molecule has 88 valence electrons. The average molecular weight is 238 g/mol. The van der Waals surface area contributed by atoms with Gasteiger partial charge in [-0.25, -0.2) is 0 Å².